The summed E-state index contributed by atoms with van der Waals surface area (Å²) in [5, 5.41) is 11.3. The van der Waals surface area contributed by atoms with E-state index in [2.05, 4.69) is 11.4 Å². The average Bonchev–Trinajstić information content (AvgIpc) is 3.39. The van der Waals surface area contributed by atoms with Crippen molar-refractivity contribution in [1.29, 1.82) is 5.26 Å². The Balaban J connectivity index is -0.000000116. The molecule has 8 nitrogen and oxygen atoms in total. The summed E-state index contributed by atoms with van der Waals surface area (Å²) in [5.41, 5.74) is -0.807. The van der Waals surface area contributed by atoms with Crippen LogP contribution in [0.5, 0.6) is 0 Å². The number of nitriles is 1. The summed E-state index contributed by atoms with van der Waals surface area (Å²) < 4.78 is 10.7. The summed E-state index contributed by atoms with van der Waals surface area (Å²) in [6.07, 6.45) is 4.76. The first-order valence-electron chi connectivity index (χ1n) is 12.9. The standard InChI is InChI=1S/C14H24N2O2.C9H17NO2.C4H8O.ClH.4H2S/c1-10(2)12(9-15)16-8-6-7-11(16)13(17)18-14(3,4)5;1-9(2,3)12-8(11)7-5-4-6-10-7;1-4(2)3-5;;;;;/h10-12H,6-8H2,1-5H3;7,10H,4-6H2,1-3H3;3-4H,1-2H3;1H;4*1H2/t11-,12?;7-;;;;;;/m00....../s1. The number of hydrogen-bond donors (Lipinski definition) is 1. The number of hydrogen-bond acceptors (Lipinski definition) is 7. The van der Waals surface area contributed by atoms with E-state index in [9.17, 15) is 19.6 Å². The minimum absolute atomic E-state index is 0. The first-order chi connectivity index (χ1) is 16.0. The normalized spacial score (nSPS) is 18.6. The second kappa shape index (κ2) is 25.2. The lowest BCUT2D eigenvalue weighted by Crippen LogP contribution is -3.00. The zero-order valence-electron chi connectivity index (χ0n) is 26.1. The quantitative estimate of drug-likeness (QED) is 0.339. The molecule has 0 aromatic carbocycles. The van der Waals surface area contributed by atoms with E-state index >= 15 is 0 Å². The summed E-state index contributed by atoms with van der Waals surface area (Å²) in [5.74, 6) is 0.175. The van der Waals surface area contributed by atoms with Gasteiger partial charge in [0, 0.05) is 25.3 Å². The molecule has 2 saturated heterocycles. The molecule has 13 heteroatoms. The number of carbonyl (C=O) groups is 3. The first-order valence-corrected chi connectivity index (χ1v) is 12.9. The lowest BCUT2D eigenvalue weighted by atomic mass is 10.0. The molecule has 40 heavy (non-hydrogen) atoms. The molecule has 2 aliphatic heterocycles. The van der Waals surface area contributed by atoms with E-state index in [1.165, 1.54) is 0 Å². The van der Waals surface area contributed by atoms with Crippen LogP contribution in [0.15, 0.2) is 0 Å². The molecular weight excluding hydrogens is 610 g/mol. The fourth-order valence-corrected chi connectivity index (χ4v) is 3.72. The predicted molar refractivity (Wildman–Crippen MR) is 178 cm³/mol. The van der Waals surface area contributed by atoms with Gasteiger partial charge in [0.2, 0.25) is 0 Å². The molecule has 2 rings (SSSR count). The summed E-state index contributed by atoms with van der Waals surface area (Å²) >= 11 is 0. The Kier molecular flexibility index (Phi) is 33.0. The van der Waals surface area contributed by atoms with Gasteiger partial charge in [0.05, 0.1) is 12.6 Å². The maximum atomic E-state index is 12.1. The van der Waals surface area contributed by atoms with Crippen molar-refractivity contribution < 1.29 is 41.6 Å². The molecule has 242 valence electrons. The molecule has 0 aliphatic carbocycles. The van der Waals surface area contributed by atoms with Gasteiger partial charge >= 0.3 is 11.9 Å². The molecule has 3 atom stereocenters. The van der Waals surface area contributed by atoms with E-state index in [0.29, 0.717) is 0 Å². The van der Waals surface area contributed by atoms with E-state index in [4.69, 9.17) is 9.47 Å². The van der Waals surface area contributed by atoms with E-state index in [0.717, 1.165) is 45.1 Å². The molecule has 0 radical (unpaired) electrons. The lowest BCUT2D eigenvalue weighted by Gasteiger charge is -2.31. The highest BCUT2D eigenvalue weighted by Crippen LogP contribution is 2.25. The van der Waals surface area contributed by atoms with E-state index < -0.39 is 5.60 Å². The molecule has 2 aliphatic rings. The van der Waals surface area contributed by atoms with Crippen molar-refractivity contribution in [2.24, 2.45) is 11.8 Å². The van der Waals surface area contributed by atoms with Crippen LogP contribution < -0.4 is 17.7 Å². The molecule has 2 N–H and O–H groups in total. The molecule has 2 fully saturated rings. The highest BCUT2D eigenvalue weighted by Gasteiger charge is 2.39. The van der Waals surface area contributed by atoms with Gasteiger partial charge in [-0.1, -0.05) is 27.7 Å². The van der Waals surface area contributed by atoms with Crippen LogP contribution >= 0.6 is 54.0 Å². The number of likely N-dealkylation sites (tertiary alicyclic amines) is 1. The fraction of sp³-hybridized carbons (Fsp3) is 0.852. The van der Waals surface area contributed by atoms with E-state index in [1.54, 1.807) is 0 Å². The molecular formula is C27H58ClN3O5S4. The van der Waals surface area contributed by atoms with Gasteiger partial charge in [0.1, 0.15) is 29.6 Å². The number of halogens is 1. The van der Waals surface area contributed by atoms with Crippen LogP contribution in [-0.4, -0.2) is 65.5 Å². The van der Waals surface area contributed by atoms with Crippen molar-refractivity contribution in [3.63, 3.8) is 0 Å². The van der Waals surface area contributed by atoms with Crippen molar-refractivity contribution in [3.8, 4) is 6.07 Å². The maximum Gasteiger partial charge on any atom is 0.365 e. The van der Waals surface area contributed by atoms with E-state index in [1.807, 2.05) is 74.1 Å². The van der Waals surface area contributed by atoms with Crippen molar-refractivity contribution in [2.45, 2.75) is 124 Å². The number of rotatable bonds is 5. The molecule has 0 aromatic rings. The minimum Gasteiger partial charge on any atom is -1.00 e. The zero-order valence-corrected chi connectivity index (χ0v) is 30.9. The van der Waals surface area contributed by atoms with Gasteiger partial charge in [0.25, 0.3) is 0 Å². The van der Waals surface area contributed by atoms with Crippen molar-refractivity contribution in [3.05, 3.63) is 0 Å². The number of carbonyl (C=O) groups excluding carboxylic acids is 3. The first kappa shape index (κ1) is 52.4. The van der Waals surface area contributed by atoms with Gasteiger partial charge < -0.3 is 32.0 Å². The Morgan fingerprint density at radius 2 is 1.35 bits per heavy atom. The van der Waals surface area contributed by atoms with Gasteiger partial charge in [0.15, 0.2) is 6.04 Å². The molecule has 1 unspecified atom stereocenters. The SMILES string of the molecule is CC(C)(C)OC(=O)[C@@H]1CCC[NH2+]1.CC(C)C(C#N)N1CCC[C@H]1C(=O)OC(C)(C)C.CC(C)C=O.S.S.S.S.[Cl-]. The van der Waals surface area contributed by atoms with Crippen LogP contribution in [0, 0.1) is 23.2 Å². The minimum atomic E-state index is -0.467. The van der Waals surface area contributed by atoms with Gasteiger partial charge in [-0.25, -0.2) is 4.79 Å². The number of esters is 2. The predicted octanol–water partition coefficient (Wildman–Crippen LogP) is 0.691. The number of nitrogens with two attached hydrogens (primary N) is 1. The monoisotopic (exact) mass is 667 g/mol. The largest absolute Gasteiger partial charge is 1.00 e. The molecule has 0 aromatic heterocycles. The van der Waals surface area contributed by atoms with Crippen LogP contribution in [-0.2, 0) is 23.9 Å². The average molecular weight is 668 g/mol. The third-order valence-electron chi connectivity index (χ3n) is 5.25. The summed E-state index contributed by atoms with van der Waals surface area (Å²) in [6.45, 7) is 20.9. The smallest absolute Gasteiger partial charge is 0.365 e. The number of aldehydes is 1. The van der Waals surface area contributed by atoms with Gasteiger partial charge in [-0.05, 0) is 60.3 Å². The highest BCUT2D eigenvalue weighted by atomic mass is 35.5. The van der Waals surface area contributed by atoms with Crippen LogP contribution in [0.2, 0.25) is 0 Å². The Bertz CT molecular complexity index is 720. The van der Waals surface area contributed by atoms with Crippen LogP contribution in [0.3, 0.4) is 0 Å². The number of ether oxygens (including phenoxy) is 2. The topological polar surface area (TPSA) is 113 Å². The van der Waals surface area contributed by atoms with Gasteiger partial charge in [-0.2, -0.15) is 59.2 Å². The van der Waals surface area contributed by atoms with E-state index in [-0.39, 0.29) is 114 Å². The van der Waals surface area contributed by atoms with Crippen LogP contribution in [0.4, 0.5) is 0 Å². The molecule has 2 heterocycles. The van der Waals surface area contributed by atoms with Crippen molar-refractivity contribution in [1.82, 2.24) is 4.90 Å². The Morgan fingerprint density at radius 1 is 0.900 bits per heavy atom. The Labute approximate surface area is 278 Å². The van der Waals surface area contributed by atoms with Crippen LogP contribution in [0.25, 0.3) is 0 Å². The Hall–Kier alpha value is -0.290. The second-order valence-electron chi connectivity index (χ2n) is 11.9. The van der Waals surface area contributed by atoms with Gasteiger partial charge in [-0.15, -0.1) is 0 Å². The van der Waals surface area contributed by atoms with Gasteiger partial charge in [-0.3, -0.25) is 9.69 Å². The molecule has 0 bridgehead atoms. The molecule has 0 saturated carbocycles. The number of quaternary nitrogens is 1. The second-order valence-corrected chi connectivity index (χ2v) is 11.9. The highest BCUT2D eigenvalue weighted by molar-refractivity contribution is 7.59. The fourth-order valence-electron chi connectivity index (χ4n) is 3.72. The summed E-state index contributed by atoms with van der Waals surface area (Å²) in [7, 11) is 0. The third-order valence-corrected chi connectivity index (χ3v) is 5.25. The van der Waals surface area contributed by atoms with Crippen LogP contribution in [0.1, 0.15) is 94.9 Å². The summed E-state index contributed by atoms with van der Waals surface area (Å²) in [6, 6.07) is 1.91. The molecule has 0 spiro atoms. The lowest BCUT2D eigenvalue weighted by molar-refractivity contribution is -0.659. The third kappa shape index (κ3) is 23.3. The molecule has 0 amide bonds. The van der Waals surface area contributed by atoms with Crippen molar-refractivity contribution in [2.75, 3.05) is 13.1 Å². The van der Waals surface area contributed by atoms with Crippen molar-refractivity contribution >= 4 is 72.2 Å². The zero-order chi connectivity index (χ0) is 27.4. The summed E-state index contributed by atoms with van der Waals surface area (Å²) in [4.78, 5) is 35.1. The Morgan fingerprint density at radius 3 is 1.68 bits per heavy atom. The maximum absolute atomic E-state index is 12.1. The number of nitrogens with zero attached hydrogens (tertiary/aromatic N) is 2.